The molecule has 0 aliphatic rings. The van der Waals surface area contributed by atoms with Gasteiger partial charge in [0, 0.05) is 0 Å². The molecule has 0 aromatic heterocycles. The maximum atomic E-state index is 11.4. The molecule has 0 rings (SSSR count). The van der Waals surface area contributed by atoms with Gasteiger partial charge in [-0.15, -0.1) is 0 Å². The Morgan fingerprint density at radius 1 is 1.25 bits per heavy atom. The van der Waals surface area contributed by atoms with Gasteiger partial charge in [-0.3, -0.25) is 4.79 Å². The lowest BCUT2D eigenvalue weighted by Gasteiger charge is -2.12. The van der Waals surface area contributed by atoms with E-state index in [4.69, 9.17) is 0 Å². The minimum absolute atomic E-state index is 0.0467. The van der Waals surface area contributed by atoms with Crippen LogP contribution >= 0.6 is 0 Å². The van der Waals surface area contributed by atoms with Crippen molar-refractivity contribution >= 4 is 19.3 Å². The Morgan fingerprint density at radius 3 is 1.92 bits per heavy atom. The van der Waals surface area contributed by atoms with Crippen LogP contribution in [0.25, 0.3) is 0 Å². The predicted molar refractivity (Wildman–Crippen MR) is 52.8 cm³/mol. The topological polar surface area (TPSA) is 34.1 Å². The molecule has 0 bridgehead atoms. The molecule has 0 heterocycles. The summed E-state index contributed by atoms with van der Waals surface area (Å²) in [6.07, 6.45) is 0.0467. The number of hydrogen-bond donors (Lipinski definition) is 0. The monoisotopic (exact) mass is 184 g/mol. The Morgan fingerprint density at radius 2 is 1.67 bits per heavy atom. The van der Waals surface area contributed by atoms with E-state index in [2.05, 4.69) is 6.58 Å². The summed E-state index contributed by atoms with van der Waals surface area (Å²) in [6, 6.07) is 0. The molecule has 0 N–H and O–H groups in total. The van der Waals surface area contributed by atoms with E-state index in [9.17, 15) is 9.59 Å². The maximum Gasteiger partial charge on any atom is 0.164 e. The number of hydrogen-bond acceptors (Lipinski definition) is 2. The zero-order valence-corrected chi connectivity index (χ0v) is 9.23. The van der Waals surface area contributed by atoms with Gasteiger partial charge in [0.05, 0.1) is 6.42 Å². The standard InChI is InChI=1S/C9H16O2Si/c1-7(2)8(10)6-9(11)12(3,4)5/h1,6H2,2-5H3. The molecule has 0 aromatic carbocycles. The average Bonchev–Trinajstić information content (AvgIpc) is 1.85. The molecule has 12 heavy (non-hydrogen) atoms. The smallest absolute Gasteiger partial charge is 0.164 e. The van der Waals surface area contributed by atoms with Crippen LogP contribution in [-0.4, -0.2) is 19.3 Å². The molecular weight excluding hydrogens is 168 g/mol. The van der Waals surface area contributed by atoms with Gasteiger partial charge >= 0.3 is 0 Å². The Balaban J connectivity index is 4.21. The Kier molecular flexibility index (Phi) is 3.58. The minimum Gasteiger partial charge on any atom is -0.305 e. The molecule has 68 valence electrons. The van der Waals surface area contributed by atoms with E-state index in [0.717, 1.165) is 0 Å². The minimum atomic E-state index is -1.77. The first kappa shape index (κ1) is 11.3. The van der Waals surface area contributed by atoms with Crippen molar-refractivity contribution in [2.75, 3.05) is 0 Å². The second kappa shape index (κ2) is 3.80. The molecule has 0 spiro atoms. The second-order valence-corrected chi connectivity index (χ2v) is 9.11. The van der Waals surface area contributed by atoms with Crippen LogP contribution in [0, 0.1) is 0 Å². The van der Waals surface area contributed by atoms with E-state index in [1.165, 1.54) is 0 Å². The van der Waals surface area contributed by atoms with Crippen molar-refractivity contribution in [3.63, 3.8) is 0 Å². The average molecular weight is 184 g/mol. The summed E-state index contributed by atoms with van der Waals surface area (Å²) in [5.74, 6) is -0.123. The molecular formula is C9H16O2Si. The van der Waals surface area contributed by atoms with Gasteiger partial charge in [0.2, 0.25) is 0 Å². The lowest BCUT2D eigenvalue weighted by atomic mass is 10.2. The molecule has 0 aliphatic carbocycles. The number of carbonyl (C=O) groups excluding carboxylic acids is 2. The predicted octanol–water partition coefficient (Wildman–Crippen LogP) is 1.97. The summed E-state index contributed by atoms with van der Waals surface area (Å²) >= 11 is 0. The van der Waals surface area contributed by atoms with Gasteiger partial charge in [0.1, 0.15) is 13.5 Å². The van der Waals surface area contributed by atoms with Crippen LogP contribution in [0.15, 0.2) is 12.2 Å². The van der Waals surface area contributed by atoms with Crippen molar-refractivity contribution in [2.24, 2.45) is 0 Å². The summed E-state index contributed by atoms with van der Waals surface area (Å²) in [6.45, 7) is 11.0. The van der Waals surface area contributed by atoms with Gasteiger partial charge in [-0.2, -0.15) is 0 Å². The highest BCUT2D eigenvalue weighted by atomic mass is 28.3. The summed E-state index contributed by atoms with van der Waals surface area (Å²) < 4.78 is 0. The van der Waals surface area contributed by atoms with Crippen molar-refractivity contribution in [1.29, 1.82) is 0 Å². The normalized spacial score (nSPS) is 11.0. The first-order valence-corrected chi connectivity index (χ1v) is 7.47. The zero-order valence-electron chi connectivity index (χ0n) is 8.23. The zero-order chi connectivity index (χ0) is 9.94. The molecule has 0 amide bonds. The van der Waals surface area contributed by atoms with Gasteiger partial charge < -0.3 is 4.79 Å². The van der Waals surface area contributed by atoms with Crippen LogP contribution in [0.1, 0.15) is 13.3 Å². The van der Waals surface area contributed by atoms with Gasteiger partial charge in [0.25, 0.3) is 0 Å². The van der Waals surface area contributed by atoms with Crippen molar-refractivity contribution in [3.8, 4) is 0 Å². The van der Waals surface area contributed by atoms with Crippen LogP contribution in [0.3, 0.4) is 0 Å². The number of allylic oxidation sites excluding steroid dienone is 1. The SMILES string of the molecule is C=C(C)C(=O)CC(=O)[Si](C)(C)C. The lowest BCUT2D eigenvalue weighted by Crippen LogP contribution is -2.34. The number of ketones is 1. The molecule has 0 unspecified atom stereocenters. The van der Waals surface area contributed by atoms with E-state index in [-0.39, 0.29) is 17.6 Å². The molecule has 0 fully saturated rings. The first-order valence-electron chi connectivity index (χ1n) is 3.97. The number of carbonyl (C=O) groups is 2. The van der Waals surface area contributed by atoms with Crippen molar-refractivity contribution in [1.82, 2.24) is 0 Å². The van der Waals surface area contributed by atoms with Crippen LogP contribution in [0.4, 0.5) is 0 Å². The quantitative estimate of drug-likeness (QED) is 0.380. The lowest BCUT2D eigenvalue weighted by molar-refractivity contribution is -0.121. The van der Waals surface area contributed by atoms with E-state index >= 15 is 0 Å². The largest absolute Gasteiger partial charge is 0.305 e. The summed E-state index contributed by atoms with van der Waals surface area (Å²) in [5.41, 5.74) is 0.474. The van der Waals surface area contributed by atoms with Crippen LogP contribution in [-0.2, 0) is 9.59 Å². The highest BCUT2D eigenvalue weighted by Crippen LogP contribution is 2.07. The molecule has 0 saturated heterocycles. The molecule has 0 aromatic rings. The van der Waals surface area contributed by atoms with E-state index in [1.54, 1.807) is 6.92 Å². The summed E-state index contributed by atoms with van der Waals surface area (Å²) in [7, 11) is -1.77. The highest BCUT2D eigenvalue weighted by Gasteiger charge is 2.25. The van der Waals surface area contributed by atoms with E-state index in [1.807, 2.05) is 19.6 Å². The molecule has 0 saturated carbocycles. The number of rotatable bonds is 4. The highest BCUT2D eigenvalue weighted by molar-refractivity contribution is 7.04. The molecule has 0 aliphatic heterocycles. The van der Waals surface area contributed by atoms with E-state index in [0.29, 0.717) is 5.57 Å². The third-order valence-corrected chi connectivity index (χ3v) is 3.48. The molecule has 2 nitrogen and oxygen atoms in total. The third kappa shape index (κ3) is 3.62. The fourth-order valence-electron chi connectivity index (χ4n) is 0.562. The fraction of sp³-hybridized carbons (Fsp3) is 0.556. The Bertz CT molecular complexity index is 223. The van der Waals surface area contributed by atoms with Gasteiger partial charge in [-0.05, 0) is 12.5 Å². The van der Waals surface area contributed by atoms with Crippen LogP contribution < -0.4 is 0 Å². The molecule has 0 radical (unpaired) electrons. The van der Waals surface area contributed by atoms with Gasteiger partial charge in [0.15, 0.2) is 5.78 Å². The van der Waals surface area contributed by atoms with Crippen molar-refractivity contribution in [3.05, 3.63) is 12.2 Å². The molecule has 3 heteroatoms. The second-order valence-electron chi connectivity index (χ2n) is 4.05. The van der Waals surface area contributed by atoms with Gasteiger partial charge in [-0.25, -0.2) is 0 Å². The van der Waals surface area contributed by atoms with Crippen LogP contribution in [0.5, 0.6) is 0 Å². The molecule has 0 atom stereocenters. The summed E-state index contributed by atoms with van der Waals surface area (Å²) in [5, 5.41) is 0.107. The summed E-state index contributed by atoms with van der Waals surface area (Å²) in [4.78, 5) is 22.5. The maximum absolute atomic E-state index is 11.4. The Hall–Kier alpha value is -0.703. The number of Topliss-reactive ketones (excluding diaryl/α,β-unsaturated/α-hetero) is 1. The van der Waals surface area contributed by atoms with Crippen molar-refractivity contribution < 1.29 is 9.59 Å². The third-order valence-electron chi connectivity index (χ3n) is 1.63. The van der Waals surface area contributed by atoms with Crippen molar-refractivity contribution in [2.45, 2.75) is 33.0 Å². The Labute approximate surface area is 74.7 Å². The van der Waals surface area contributed by atoms with Gasteiger partial charge in [-0.1, -0.05) is 26.2 Å². The first-order chi connectivity index (χ1) is 5.25. The van der Waals surface area contributed by atoms with E-state index < -0.39 is 8.07 Å². The fourth-order valence-corrected chi connectivity index (χ4v) is 1.25. The van der Waals surface area contributed by atoms with Crippen LogP contribution in [0.2, 0.25) is 19.6 Å².